The van der Waals surface area contributed by atoms with E-state index in [1.807, 2.05) is 6.92 Å². The number of hydrogen-bond acceptors (Lipinski definition) is 2. The Bertz CT molecular complexity index is 367. The first-order valence-electron chi connectivity index (χ1n) is 3.92. The zero-order valence-corrected chi connectivity index (χ0v) is 7.48. The molecule has 0 atom stereocenters. The third kappa shape index (κ3) is 2.33. The zero-order valence-electron chi connectivity index (χ0n) is 7.48. The fourth-order valence-corrected chi connectivity index (χ4v) is 0.817. The van der Waals surface area contributed by atoms with Gasteiger partial charge in [0.15, 0.2) is 0 Å². The van der Waals surface area contributed by atoms with Gasteiger partial charge >= 0.3 is 6.03 Å². The number of carbonyl (C=O) groups excluding carboxylic acids is 1. The molecule has 1 rings (SSSR count). The molecule has 1 aromatic heterocycles. The van der Waals surface area contributed by atoms with Gasteiger partial charge in [0.25, 0.3) is 0 Å². The number of nitrogens with one attached hydrogen (secondary N) is 3. The quantitative estimate of drug-likeness (QED) is 0.567. The van der Waals surface area contributed by atoms with Crippen LogP contribution in [0.5, 0.6) is 0 Å². The lowest BCUT2D eigenvalue weighted by molar-refractivity contribution is 0.252. The number of aromatic amines is 1. The van der Waals surface area contributed by atoms with E-state index in [0.717, 1.165) is 0 Å². The number of nitrogens with zero attached hydrogens (tertiary/aromatic N) is 1. The van der Waals surface area contributed by atoms with Crippen LogP contribution in [0.15, 0.2) is 0 Å². The number of aromatic nitrogens is 2. The third-order valence-corrected chi connectivity index (χ3v) is 1.43. The molecule has 0 saturated heterocycles. The highest BCUT2D eigenvalue weighted by molar-refractivity contribution is 5.87. The fourth-order valence-electron chi connectivity index (χ4n) is 0.817. The van der Waals surface area contributed by atoms with Crippen molar-refractivity contribution in [2.45, 2.75) is 6.92 Å². The molecule has 5 heteroatoms. The fraction of sp³-hybridized carbons (Fsp3) is 0.250. The Morgan fingerprint density at radius 1 is 1.62 bits per heavy atom. The van der Waals surface area contributed by atoms with Gasteiger partial charge in [0, 0.05) is 6.54 Å². The summed E-state index contributed by atoms with van der Waals surface area (Å²) >= 11 is 0. The molecule has 0 unspecified atom stereocenters. The average molecular weight is 180 g/mol. The van der Waals surface area contributed by atoms with Crippen molar-refractivity contribution < 1.29 is 4.79 Å². The van der Waals surface area contributed by atoms with E-state index >= 15 is 0 Å². The Morgan fingerprint density at radius 2 is 2.31 bits per heavy atom. The smallest absolute Gasteiger partial charge is 0.321 e. The molecule has 0 bridgehead atoms. The number of rotatable bonds is 2. The summed E-state index contributed by atoms with van der Waals surface area (Å²) in [5, 5.41) is 6.22. The van der Waals surface area contributed by atoms with Crippen molar-refractivity contribution in [1.29, 1.82) is 0 Å². The maximum Gasteiger partial charge on any atom is 0.321 e. The zero-order chi connectivity index (χ0) is 9.84. The second kappa shape index (κ2) is 3.75. The first-order valence-corrected chi connectivity index (χ1v) is 3.92. The maximum atomic E-state index is 11.0. The predicted octanol–water partition coefficient (Wildman–Crippen LogP) is -0.628. The van der Waals surface area contributed by atoms with Crippen LogP contribution < -0.4 is 21.3 Å². The van der Waals surface area contributed by atoms with Crippen LogP contribution in [0.25, 0.3) is 13.2 Å². The largest absolute Gasteiger partial charge is 0.338 e. The van der Waals surface area contributed by atoms with Crippen molar-refractivity contribution in [2.24, 2.45) is 0 Å². The van der Waals surface area contributed by atoms with Gasteiger partial charge in [0.1, 0.15) is 0 Å². The third-order valence-electron chi connectivity index (χ3n) is 1.43. The van der Waals surface area contributed by atoms with Gasteiger partial charge < -0.3 is 10.3 Å². The molecule has 0 saturated carbocycles. The molecule has 0 aliphatic carbocycles. The summed E-state index contributed by atoms with van der Waals surface area (Å²) in [6, 6.07) is -0.295. The molecule has 1 aromatic rings. The van der Waals surface area contributed by atoms with Crippen molar-refractivity contribution in [3.63, 3.8) is 0 Å². The van der Waals surface area contributed by atoms with Crippen molar-refractivity contribution in [3.8, 4) is 0 Å². The number of amides is 2. The van der Waals surface area contributed by atoms with E-state index in [0.29, 0.717) is 23.2 Å². The Morgan fingerprint density at radius 3 is 2.77 bits per heavy atom. The first kappa shape index (κ1) is 9.31. The summed E-state index contributed by atoms with van der Waals surface area (Å²) in [6.45, 7) is 9.66. The van der Waals surface area contributed by atoms with Crippen LogP contribution in [0.4, 0.5) is 10.7 Å². The monoisotopic (exact) mass is 180 g/mol. The molecular formula is C8H12N4O. The van der Waals surface area contributed by atoms with Crippen molar-refractivity contribution in [3.05, 3.63) is 10.7 Å². The summed E-state index contributed by atoms with van der Waals surface area (Å²) in [5.41, 5.74) is 0. The molecule has 1 heterocycles. The van der Waals surface area contributed by atoms with E-state index in [4.69, 9.17) is 0 Å². The standard InChI is InChI=1S/C8H12N4O/c1-4-9-8(13)12-7-10-5(2)6(3)11-7/h2-4H2,1H3,(H3,9,10,11,12,13). The number of hydrogen-bond donors (Lipinski definition) is 3. The van der Waals surface area contributed by atoms with E-state index in [9.17, 15) is 4.79 Å². The molecule has 0 aromatic carbocycles. The average Bonchev–Trinajstić information content (AvgIpc) is 2.31. The van der Waals surface area contributed by atoms with E-state index < -0.39 is 0 Å². The minimum Gasteiger partial charge on any atom is -0.338 e. The normalized spacial score (nSPS) is 9.62. The summed E-state index contributed by atoms with van der Waals surface area (Å²) in [5.74, 6) is 0.362. The molecule has 70 valence electrons. The number of carbonyl (C=O) groups is 1. The molecule has 5 nitrogen and oxygen atoms in total. The maximum absolute atomic E-state index is 11.0. The second-order valence-corrected chi connectivity index (χ2v) is 2.50. The lowest BCUT2D eigenvalue weighted by Gasteiger charge is -2.00. The molecule has 3 N–H and O–H groups in total. The van der Waals surface area contributed by atoms with Crippen molar-refractivity contribution >= 4 is 25.1 Å². The van der Waals surface area contributed by atoms with Crippen LogP contribution >= 0.6 is 0 Å². The summed E-state index contributed by atoms with van der Waals surface area (Å²) < 4.78 is 0. The van der Waals surface area contributed by atoms with E-state index in [2.05, 4.69) is 33.8 Å². The van der Waals surface area contributed by atoms with Gasteiger partial charge in [-0.2, -0.15) is 0 Å². The highest BCUT2D eigenvalue weighted by Crippen LogP contribution is 1.86. The number of urea groups is 1. The molecule has 0 spiro atoms. The van der Waals surface area contributed by atoms with Gasteiger partial charge in [-0.1, -0.05) is 13.2 Å². The van der Waals surface area contributed by atoms with Gasteiger partial charge in [-0.05, 0) is 6.92 Å². The molecule has 13 heavy (non-hydrogen) atoms. The summed E-state index contributed by atoms with van der Waals surface area (Å²) in [4.78, 5) is 17.7. The Kier molecular flexibility index (Phi) is 2.69. The second-order valence-electron chi connectivity index (χ2n) is 2.50. The van der Waals surface area contributed by atoms with Crippen LogP contribution in [-0.2, 0) is 0 Å². The van der Waals surface area contributed by atoms with Gasteiger partial charge in [-0.25, -0.2) is 9.78 Å². The van der Waals surface area contributed by atoms with Crippen LogP contribution in [0, 0.1) is 0 Å². The van der Waals surface area contributed by atoms with Crippen molar-refractivity contribution in [2.75, 3.05) is 11.9 Å². The van der Waals surface area contributed by atoms with E-state index in [1.165, 1.54) is 0 Å². The van der Waals surface area contributed by atoms with Gasteiger partial charge in [-0.15, -0.1) is 0 Å². The number of imidazole rings is 1. The lowest BCUT2D eigenvalue weighted by atomic mass is 10.6. The van der Waals surface area contributed by atoms with Crippen LogP contribution in [0.2, 0.25) is 0 Å². The minimum atomic E-state index is -0.295. The van der Waals surface area contributed by atoms with Crippen molar-refractivity contribution in [1.82, 2.24) is 15.3 Å². The molecule has 2 amide bonds. The first-order chi connectivity index (χ1) is 6.13. The molecule has 0 fully saturated rings. The van der Waals surface area contributed by atoms with E-state index in [1.54, 1.807) is 0 Å². The van der Waals surface area contributed by atoms with Crippen LogP contribution in [-0.4, -0.2) is 22.5 Å². The Hall–Kier alpha value is -1.78. The number of H-pyrrole nitrogens is 1. The van der Waals surface area contributed by atoms with E-state index in [-0.39, 0.29) is 6.03 Å². The predicted molar refractivity (Wildman–Crippen MR) is 51.6 cm³/mol. The molecule has 0 aliphatic rings. The molecular weight excluding hydrogens is 168 g/mol. The lowest BCUT2D eigenvalue weighted by Crippen LogP contribution is -2.28. The Balaban J connectivity index is 2.70. The highest BCUT2D eigenvalue weighted by atomic mass is 16.2. The number of anilines is 1. The molecule has 0 aliphatic heterocycles. The van der Waals surface area contributed by atoms with Gasteiger partial charge in [-0.3, -0.25) is 5.32 Å². The summed E-state index contributed by atoms with van der Waals surface area (Å²) in [7, 11) is 0. The molecule has 0 radical (unpaired) electrons. The van der Waals surface area contributed by atoms with Crippen LogP contribution in [0.1, 0.15) is 6.92 Å². The topological polar surface area (TPSA) is 69.8 Å². The Labute approximate surface area is 75.6 Å². The SMILES string of the molecule is C=c1nc(NC(=O)NCC)[nH]c1=C. The minimum absolute atomic E-state index is 0.295. The van der Waals surface area contributed by atoms with Gasteiger partial charge in [0.05, 0.1) is 10.7 Å². The summed E-state index contributed by atoms with van der Waals surface area (Å²) in [6.07, 6.45) is 0. The highest BCUT2D eigenvalue weighted by Gasteiger charge is 2.01. The van der Waals surface area contributed by atoms with Crippen LogP contribution in [0.3, 0.4) is 0 Å². The van der Waals surface area contributed by atoms with Gasteiger partial charge in [0.2, 0.25) is 5.95 Å².